The fourth-order valence-corrected chi connectivity index (χ4v) is 0.627. The van der Waals surface area contributed by atoms with E-state index in [0.29, 0.717) is 0 Å². The minimum atomic E-state index is -1.74. The van der Waals surface area contributed by atoms with Crippen molar-refractivity contribution in [3.05, 3.63) is 5.57 Å². The van der Waals surface area contributed by atoms with E-state index >= 15 is 0 Å². The molecule has 0 aliphatic rings. The molecule has 0 rings (SSSR count). The molecule has 3 nitrogen and oxygen atoms in total. The molecule has 0 aliphatic carbocycles. The van der Waals surface area contributed by atoms with Crippen LogP contribution in [0.4, 0.5) is 4.39 Å². The molecule has 0 aromatic heterocycles. The third-order valence-electron chi connectivity index (χ3n) is 1.20. The lowest BCUT2D eigenvalue weighted by molar-refractivity contribution is -0.148. The Bertz CT molecular complexity index is 206. The Morgan fingerprint density at radius 2 is 2.25 bits per heavy atom. The number of alkyl halides is 1. The lowest BCUT2D eigenvalue weighted by Crippen LogP contribution is -2.19. The van der Waals surface area contributed by atoms with Crippen molar-refractivity contribution in [1.29, 1.82) is 0 Å². The highest BCUT2D eigenvalue weighted by Crippen LogP contribution is 2.06. The summed E-state index contributed by atoms with van der Waals surface area (Å²) in [4.78, 5) is 20.6. The third kappa shape index (κ3) is 3.88. The minimum absolute atomic E-state index is 0.142. The van der Waals surface area contributed by atoms with Gasteiger partial charge in [0.1, 0.15) is 5.94 Å². The van der Waals surface area contributed by atoms with Gasteiger partial charge in [-0.25, -0.2) is 14.0 Å². The van der Waals surface area contributed by atoms with E-state index in [-0.39, 0.29) is 18.6 Å². The van der Waals surface area contributed by atoms with Gasteiger partial charge in [0.15, 0.2) is 0 Å². The first-order chi connectivity index (χ1) is 5.61. The van der Waals surface area contributed by atoms with Crippen molar-refractivity contribution >= 4 is 11.9 Å². The maximum atomic E-state index is 12.7. The van der Waals surface area contributed by atoms with Gasteiger partial charge in [-0.15, -0.1) is 0 Å². The summed E-state index contributed by atoms with van der Waals surface area (Å²) in [6.45, 7) is 3.15. The standard InChI is InChI=1S/C8H11FO3/c1-3-12-8(11)7(9)4-6(2)5-10/h7H,3-4H2,1-2H3. The molecule has 0 bridgehead atoms. The molecule has 0 saturated heterocycles. The van der Waals surface area contributed by atoms with E-state index < -0.39 is 12.1 Å². The summed E-state index contributed by atoms with van der Waals surface area (Å²) in [6, 6.07) is 0. The highest BCUT2D eigenvalue weighted by Gasteiger charge is 2.18. The van der Waals surface area contributed by atoms with E-state index in [1.165, 1.54) is 12.9 Å². The zero-order chi connectivity index (χ0) is 9.56. The van der Waals surface area contributed by atoms with Gasteiger partial charge in [0.2, 0.25) is 6.17 Å². The molecule has 4 heteroatoms. The molecule has 68 valence electrons. The van der Waals surface area contributed by atoms with Crippen molar-refractivity contribution in [2.45, 2.75) is 26.4 Å². The van der Waals surface area contributed by atoms with Crippen LogP contribution in [-0.2, 0) is 14.3 Å². The summed E-state index contributed by atoms with van der Waals surface area (Å²) >= 11 is 0. The smallest absolute Gasteiger partial charge is 0.341 e. The van der Waals surface area contributed by atoms with Gasteiger partial charge >= 0.3 is 5.97 Å². The molecule has 0 N–H and O–H groups in total. The van der Waals surface area contributed by atoms with E-state index in [2.05, 4.69) is 4.74 Å². The second-order valence-electron chi connectivity index (χ2n) is 2.31. The molecule has 0 amide bonds. The summed E-state index contributed by atoms with van der Waals surface area (Å²) in [5, 5.41) is 0. The van der Waals surface area contributed by atoms with E-state index in [9.17, 15) is 14.0 Å². The molecular weight excluding hydrogens is 163 g/mol. The van der Waals surface area contributed by atoms with Gasteiger partial charge in [0, 0.05) is 12.0 Å². The van der Waals surface area contributed by atoms with Crippen LogP contribution in [0.1, 0.15) is 20.3 Å². The van der Waals surface area contributed by atoms with Crippen LogP contribution in [0.15, 0.2) is 5.57 Å². The van der Waals surface area contributed by atoms with E-state index in [0.717, 1.165) is 0 Å². The molecule has 0 saturated carbocycles. The monoisotopic (exact) mass is 174 g/mol. The number of hydrogen-bond donors (Lipinski definition) is 0. The fourth-order valence-electron chi connectivity index (χ4n) is 0.627. The number of hydrogen-bond acceptors (Lipinski definition) is 3. The predicted octanol–water partition coefficient (Wildman–Crippen LogP) is 1.06. The highest BCUT2D eigenvalue weighted by atomic mass is 19.1. The highest BCUT2D eigenvalue weighted by molar-refractivity contribution is 5.75. The topological polar surface area (TPSA) is 43.4 Å². The van der Waals surface area contributed by atoms with E-state index in [4.69, 9.17) is 0 Å². The molecule has 1 atom stereocenters. The van der Waals surface area contributed by atoms with Crippen LogP contribution in [-0.4, -0.2) is 24.7 Å². The van der Waals surface area contributed by atoms with Gasteiger partial charge in [0.25, 0.3) is 0 Å². The molecule has 12 heavy (non-hydrogen) atoms. The van der Waals surface area contributed by atoms with Gasteiger partial charge in [-0.1, -0.05) is 0 Å². The van der Waals surface area contributed by atoms with Gasteiger partial charge in [-0.3, -0.25) is 0 Å². The first kappa shape index (κ1) is 10.8. The summed E-state index contributed by atoms with van der Waals surface area (Å²) in [6.07, 6.45) is -1.98. The van der Waals surface area contributed by atoms with Crippen molar-refractivity contribution in [1.82, 2.24) is 0 Å². The first-order valence-electron chi connectivity index (χ1n) is 3.63. The number of esters is 1. The molecule has 0 spiro atoms. The Balaban J connectivity index is 3.95. The van der Waals surface area contributed by atoms with Gasteiger partial charge in [-0.2, -0.15) is 0 Å². The van der Waals surface area contributed by atoms with E-state index in [1.807, 2.05) is 0 Å². The van der Waals surface area contributed by atoms with Gasteiger partial charge in [-0.05, 0) is 13.8 Å². The van der Waals surface area contributed by atoms with Crippen LogP contribution < -0.4 is 0 Å². The average molecular weight is 174 g/mol. The number of carbonyl (C=O) groups is 1. The fraction of sp³-hybridized carbons (Fsp3) is 0.625. The molecule has 1 unspecified atom stereocenters. The Labute approximate surface area is 70.2 Å². The summed E-state index contributed by atoms with van der Waals surface area (Å²) < 4.78 is 17.1. The number of carbonyl (C=O) groups excluding carboxylic acids is 2. The van der Waals surface area contributed by atoms with Crippen molar-refractivity contribution in [2.75, 3.05) is 6.61 Å². The van der Waals surface area contributed by atoms with Crippen LogP contribution >= 0.6 is 0 Å². The predicted molar refractivity (Wildman–Crippen MR) is 41.0 cm³/mol. The summed E-state index contributed by atoms with van der Waals surface area (Å²) in [5.74, 6) is 0.588. The Hall–Kier alpha value is -1.15. The number of allylic oxidation sites excluding steroid dienone is 1. The van der Waals surface area contributed by atoms with E-state index in [1.54, 1.807) is 6.92 Å². The van der Waals surface area contributed by atoms with Crippen molar-refractivity contribution in [3.63, 3.8) is 0 Å². The Morgan fingerprint density at radius 1 is 1.67 bits per heavy atom. The van der Waals surface area contributed by atoms with Crippen LogP contribution in [0.2, 0.25) is 0 Å². The molecule has 0 heterocycles. The minimum Gasteiger partial charge on any atom is -0.464 e. The zero-order valence-corrected chi connectivity index (χ0v) is 7.09. The number of halogens is 1. The maximum Gasteiger partial charge on any atom is 0.341 e. The average Bonchev–Trinajstić information content (AvgIpc) is 2.04. The van der Waals surface area contributed by atoms with Crippen molar-refractivity contribution in [2.24, 2.45) is 0 Å². The molecule has 0 aromatic rings. The van der Waals surface area contributed by atoms with Crippen LogP contribution in [0.3, 0.4) is 0 Å². The second kappa shape index (κ2) is 5.49. The summed E-state index contributed by atoms with van der Waals surface area (Å²) in [5.41, 5.74) is 0.176. The second-order valence-corrected chi connectivity index (χ2v) is 2.31. The number of ether oxygens (including phenoxy) is 1. The largest absolute Gasteiger partial charge is 0.464 e. The molecule has 0 radical (unpaired) electrons. The normalized spacial score (nSPS) is 11.6. The lowest BCUT2D eigenvalue weighted by Gasteiger charge is -2.05. The Morgan fingerprint density at radius 3 is 2.67 bits per heavy atom. The maximum absolute atomic E-state index is 12.7. The molecular formula is C8H11FO3. The third-order valence-corrected chi connectivity index (χ3v) is 1.20. The summed E-state index contributed by atoms with van der Waals surface area (Å²) in [7, 11) is 0. The molecule has 0 aromatic carbocycles. The lowest BCUT2D eigenvalue weighted by atomic mass is 10.2. The van der Waals surface area contributed by atoms with Crippen LogP contribution in [0, 0.1) is 0 Å². The van der Waals surface area contributed by atoms with Crippen molar-refractivity contribution < 1.29 is 18.7 Å². The SMILES string of the molecule is CCOC(=O)C(F)CC(C)=C=O. The van der Waals surface area contributed by atoms with Crippen LogP contribution in [0.5, 0.6) is 0 Å². The van der Waals surface area contributed by atoms with Gasteiger partial charge < -0.3 is 4.74 Å². The zero-order valence-electron chi connectivity index (χ0n) is 7.09. The molecule has 0 fully saturated rings. The Kier molecular flexibility index (Phi) is 4.97. The van der Waals surface area contributed by atoms with Gasteiger partial charge in [0.05, 0.1) is 6.61 Å². The first-order valence-corrected chi connectivity index (χ1v) is 3.63. The van der Waals surface area contributed by atoms with Crippen LogP contribution in [0.25, 0.3) is 0 Å². The molecule has 0 aliphatic heterocycles. The number of rotatable bonds is 4. The van der Waals surface area contributed by atoms with Crippen molar-refractivity contribution in [3.8, 4) is 0 Å². The quantitative estimate of drug-likeness (QED) is 0.472.